The second-order valence-corrected chi connectivity index (χ2v) is 8.16. The standard InChI is InChI=1S/C26H22N2O4/c1-30-22-10-17(11-23-26(22)32-15-31-23)18-12-24(29)27-20-8-5-9-21-25(20)19(18)14-28(21)13-16-6-3-2-4-7-16/h2-11,14,18H,12-13,15H2,1H3,(H,27,29)/t18-/m1/s1. The SMILES string of the molecule is COc1cc([C@H]2CC(=O)Nc3cccc4c3c2cn4Cc2ccccc2)cc2c1OCO2. The molecule has 3 aromatic carbocycles. The van der Waals surface area contributed by atoms with Gasteiger partial charge in [0.05, 0.1) is 18.3 Å². The number of rotatable bonds is 4. The van der Waals surface area contributed by atoms with Gasteiger partial charge < -0.3 is 24.1 Å². The summed E-state index contributed by atoms with van der Waals surface area (Å²) < 4.78 is 19.0. The Morgan fingerprint density at radius 3 is 2.81 bits per heavy atom. The van der Waals surface area contributed by atoms with Crippen molar-refractivity contribution in [2.45, 2.75) is 18.9 Å². The molecule has 0 saturated carbocycles. The Hall–Kier alpha value is -3.93. The molecule has 4 aromatic rings. The number of benzene rings is 3. The highest BCUT2D eigenvalue weighted by molar-refractivity contribution is 6.06. The van der Waals surface area contributed by atoms with Gasteiger partial charge in [-0.05, 0) is 41.0 Å². The van der Waals surface area contributed by atoms with E-state index in [1.807, 2.05) is 30.3 Å². The lowest BCUT2D eigenvalue weighted by molar-refractivity contribution is -0.116. The molecule has 0 spiro atoms. The van der Waals surface area contributed by atoms with Gasteiger partial charge in [0, 0.05) is 30.5 Å². The lowest BCUT2D eigenvalue weighted by atomic mass is 9.88. The summed E-state index contributed by atoms with van der Waals surface area (Å²) in [5.74, 6) is 1.73. The molecule has 1 amide bonds. The number of nitrogens with one attached hydrogen (secondary N) is 1. The van der Waals surface area contributed by atoms with Crippen LogP contribution >= 0.6 is 0 Å². The van der Waals surface area contributed by atoms with Crippen LogP contribution in [-0.4, -0.2) is 24.4 Å². The first-order valence-electron chi connectivity index (χ1n) is 10.6. The van der Waals surface area contributed by atoms with Gasteiger partial charge in [-0.15, -0.1) is 0 Å². The molecule has 0 fully saturated rings. The number of carbonyl (C=O) groups is 1. The number of ether oxygens (including phenoxy) is 3. The van der Waals surface area contributed by atoms with Crippen LogP contribution < -0.4 is 19.5 Å². The van der Waals surface area contributed by atoms with E-state index < -0.39 is 0 Å². The van der Waals surface area contributed by atoms with E-state index in [1.165, 1.54) is 5.56 Å². The molecule has 6 heteroatoms. The van der Waals surface area contributed by atoms with Crippen molar-refractivity contribution in [3.63, 3.8) is 0 Å². The Kier molecular flexibility index (Phi) is 4.31. The molecule has 0 bridgehead atoms. The number of fused-ring (bicyclic) bond motifs is 1. The Bertz CT molecular complexity index is 1340. The first kappa shape index (κ1) is 18.8. The zero-order valence-electron chi connectivity index (χ0n) is 17.6. The summed E-state index contributed by atoms with van der Waals surface area (Å²) in [6.07, 6.45) is 2.52. The van der Waals surface area contributed by atoms with Crippen LogP contribution in [0.1, 0.15) is 29.0 Å². The molecule has 0 unspecified atom stereocenters. The number of hydrogen-bond acceptors (Lipinski definition) is 4. The van der Waals surface area contributed by atoms with Crippen molar-refractivity contribution < 1.29 is 19.0 Å². The first-order valence-corrected chi connectivity index (χ1v) is 10.6. The smallest absolute Gasteiger partial charge is 0.231 e. The molecular weight excluding hydrogens is 404 g/mol. The van der Waals surface area contributed by atoms with Crippen molar-refractivity contribution in [2.75, 3.05) is 19.2 Å². The number of hydrogen-bond donors (Lipinski definition) is 1. The molecule has 1 aromatic heterocycles. The summed E-state index contributed by atoms with van der Waals surface area (Å²) in [5, 5.41) is 4.18. The van der Waals surface area contributed by atoms with E-state index in [4.69, 9.17) is 14.2 Å². The molecule has 3 heterocycles. The third-order valence-electron chi connectivity index (χ3n) is 6.25. The topological polar surface area (TPSA) is 61.7 Å². The van der Waals surface area contributed by atoms with E-state index in [1.54, 1.807) is 7.11 Å². The molecule has 1 N–H and O–H groups in total. The average molecular weight is 426 g/mol. The lowest BCUT2D eigenvalue weighted by Crippen LogP contribution is -2.14. The number of aromatic nitrogens is 1. The average Bonchev–Trinajstić information content (AvgIpc) is 3.39. The van der Waals surface area contributed by atoms with Crippen LogP contribution in [0.4, 0.5) is 5.69 Å². The Morgan fingerprint density at radius 2 is 1.97 bits per heavy atom. The van der Waals surface area contributed by atoms with Crippen LogP contribution in [0.25, 0.3) is 10.9 Å². The minimum atomic E-state index is -0.137. The van der Waals surface area contributed by atoms with Crippen molar-refractivity contribution in [1.29, 1.82) is 0 Å². The Morgan fingerprint density at radius 1 is 1.09 bits per heavy atom. The lowest BCUT2D eigenvalue weighted by Gasteiger charge is -2.16. The second-order valence-electron chi connectivity index (χ2n) is 8.16. The number of methoxy groups -OCH3 is 1. The quantitative estimate of drug-likeness (QED) is 0.504. The van der Waals surface area contributed by atoms with Gasteiger partial charge in [-0.1, -0.05) is 36.4 Å². The van der Waals surface area contributed by atoms with Gasteiger partial charge in [0.15, 0.2) is 11.5 Å². The highest BCUT2D eigenvalue weighted by Crippen LogP contribution is 2.47. The maximum Gasteiger partial charge on any atom is 0.231 e. The van der Waals surface area contributed by atoms with Crippen LogP contribution in [0.3, 0.4) is 0 Å². The molecule has 2 aliphatic heterocycles. The van der Waals surface area contributed by atoms with E-state index in [2.05, 4.69) is 46.4 Å². The summed E-state index contributed by atoms with van der Waals surface area (Å²) in [5.41, 5.74) is 5.26. The summed E-state index contributed by atoms with van der Waals surface area (Å²) in [6.45, 7) is 0.923. The number of anilines is 1. The van der Waals surface area contributed by atoms with E-state index in [9.17, 15) is 4.79 Å². The Labute approximate surface area is 185 Å². The minimum absolute atomic E-state index is 0.00931. The van der Waals surface area contributed by atoms with Crippen molar-refractivity contribution in [2.24, 2.45) is 0 Å². The molecule has 160 valence electrons. The molecule has 1 atom stereocenters. The zero-order valence-corrected chi connectivity index (χ0v) is 17.6. The van der Waals surface area contributed by atoms with Crippen LogP contribution in [0.2, 0.25) is 0 Å². The van der Waals surface area contributed by atoms with Gasteiger partial charge in [-0.2, -0.15) is 0 Å². The summed E-state index contributed by atoms with van der Waals surface area (Å²) in [6, 6.07) is 20.4. The number of nitrogens with zero attached hydrogens (tertiary/aromatic N) is 1. The van der Waals surface area contributed by atoms with Gasteiger partial charge in [0.25, 0.3) is 0 Å². The van der Waals surface area contributed by atoms with Gasteiger partial charge in [-0.25, -0.2) is 0 Å². The Balaban J connectivity index is 1.53. The maximum atomic E-state index is 12.8. The molecule has 2 aliphatic rings. The molecule has 32 heavy (non-hydrogen) atoms. The highest BCUT2D eigenvalue weighted by Gasteiger charge is 2.30. The van der Waals surface area contributed by atoms with E-state index in [0.29, 0.717) is 23.7 Å². The fourth-order valence-electron chi connectivity index (χ4n) is 4.81. The van der Waals surface area contributed by atoms with Crippen molar-refractivity contribution >= 4 is 22.5 Å². The number of amides is 1. The fourth-order valence-corrected chi connectivity index (χ4v) is 4.81. The molecule has 0 radical (unpaired) electrons. The predicted octanol–water partition coefficient (Wildman–Crippen LogP) is 4.90. The van der Waals surface area contributed by atoms with Gasteiger partial charge in [-0.3, -0.25) is 4.79 Å². The molecule has 6 nitrogen and oxygen atoms in total. The summed E-state index contributed by atoms with van der Waals surface area (Å²) in [4.78, 5) is 12.8. The number of carbonyl (C=O) groups excluding carboxylic acids is 1. The predicted molar refractivity (Wildman–Crippen MR) is 122 cm³/mol. The minimum Gasteiger partial charge on any atom is -0.493 e. The zero-order chi connectivity index (χ0) is 21.7. The van der Waals surface area contributed by atoms with Crippen molar-refractivity contribution in [3.05, 3.63) is 83.6 Å². The van der Waals surface area contributed by atoms with Crippen LogP contribution in [-0.2, 0) is 11.3 Å². The molecule has 6 rings (SSSR count). The van der Waals surface area contributed by atoms with Gasteiger partial charge >= 0.3 is 0 Å². The van der Waals surface area contributed by atoms with Gasteiger partial charge in [0.1, 0.15) is 0 Å². The van der Waals surface area contributed by atoms with E-state index in [0.717, 1.165) is 34.3 Å². The second kappa shape index (κ2) is 7.34. The summed E-state index contributed by atoms with van der Waals surface area (Å²) in [7, 11) is 1.62. The first-order chi connectivity index (χ1) is 15.7. The molecule has 0 aliphatic carbocycles. The van der Waals surface area contributed by atoms with Crippen molar-refractivity contribution in [3.8, 4) is 17.2 Å². The highest BCUT2D eigenvalue weighted by atomic mass is 16.7. The normalized spacial score (nSPS) is 16.7. The molecular formula is C26H22N2O4. The van der Waals surface area contributed by atoms with Gasteiger partial charge in [0.2, 0.25) is 18.4 Å². The van der Waals surface area contributed by atoms with Crippen molar-refractivity contribution in [1.82, 2.24) is 4.57 Å². The van der Waals surface area contributed by atoms with Crippen LogP contribution in [0.5, 0.6) is 17.2 Å². The third-order valence-corrected chi connectivity index (χ3v) is 6.25. The fraction of sp³-hybridized carbons (Fsp3) is 0.192. The monoisotopic (exact) mass is 426 g/mol. The van der Waals surface area contributed by atoms with E-state index >= 15 is 0 Å². The third kappa shape index (κ3) is 2.99. The van der Waals surface area contributed by atoms with Crippen LogP contribution in [0, 0.1) is 0 Å². The summed E-state index contributed by atoms with van der Waals surface area (Å²) >= 11 is 0. The van der Waals surface area contributed by atoms with E-state index in [-0.39, 0.29) is 18.6 Å². The maximum absolute atomic E-state index is 12.8. The van der Waals surface area contributed by atoms with Crippen LogP contribution in [0.15, 0.2) is 66.9 Å². The molecule has 0 saturated heterocycles. The largest absolute Gasteiger partial charge is 0.493 e.